The van der Waals surface area contributed by atoms with Crippen LogP contribution in [0.3, 0.4) is 0 Å². The summed E-state index contributed by atoms with van der Waals surface area (Å²) in [5.74, 6) is 0. The number of hydrogen-bond donors (Lipinski definition) is 1. The molecule has 1 saturated heterocycles. The van der Waals surface area contributed by atoms with Crippen molar-refractivity contribution in [3.63, 3.8) is 0 Å². The van der Waals surface area contributed by atoms with Gasteiger partial charge in [-0.1, -0.05) is 30.3 Å². The summed E-state index contributed by atoms with van der Waals surface area (Å²) in [6.45, 7) is 4.04. The Morgan fingerprint density at radius 2 is 2.10 bits per heavy atom. The fourth-order valence-corrected chi connectivity index (χ4v) is 2.80. The van der Waals surface area contributed by atoms with Crippen LogP contribution in [0, 0.1) is 0 Å². The van der Waals surface area contributed by atoms with Crippen molar-refractivity contribution in [1.82, 2.24) is 9.80 Å². The summed E-state index contributed by atoms with van der Waals surface area (Å²) in [5, 5.41) is 9.04. The van der Waals surface area contributed by atoms with E-state index in [0.29, 0.717) is 6.54 Å². The highest BCUT2D eigenvalue weighted by atomic mass is 35.5. The smallest absolute Gasteiger partial charge is 0.139 e. The Morgan fingerprint density at radius 1 is 1.35 bits per heavy atom. The average Bonchev–Trinajstić information content (AvgIpc) is 2.49. The lowest BCUT2D eigenvalue weighted by Gasteiger charge is -2.41. The Balaban J connectivity index is 1.90. The summed E-state index contributed by atoms with van der Waals surface area (Å²) < 4.78 is 0. The van der Waals surface area contributed by atoms with Crippen LogP contribution in [0.15, 0.2) is 30.3 Å². The number of hydrogen-bond acceptors (Lipinski definition) is 4. The zero-order chi connectivity index (χ0) is 14.4. The predicted molar refractivity (Wildman–Crippen MR) is 79.9 cm³/mol. The van der Waals surface area contributed by atoms with Gasteiger partial charge in [-0.05, 0) is 5.56 Å². The summed E-state index contributed by atoms with van der Waals surface area (Å²) in [6, 6.07) is 10.4. The molecule has 2 atom stereocenters. The van der Waals surface area contributed by atoms with Crippen LogP contribution >= 0.6 is 11.6 Å². The van der Waals surface area contributed by atoms with Gasteiger partial charge in [-0.15, -0.1) is 11.6 Å². The highest BCUT2D eigenvalue weighted by Gasteiger charge is 2.27. The molecule has 1 heterocycles. The normalized spacial score (nSPS) is 22.6. The van der Waals surface area contributed by atoms with Gasteiger partial charge in [-0.25, -0.2) is 0 Å². The minimum absolute atomic E-state index is 0.0497. The van der Waals surface area contributed by atoms with Gasteiger partial charge in [-0.3, -0.25) is 9.80 Å². The molecule has 20 heavy (non-hydrogen) atoms. The van der Waals surface area contributed by atoms with Gasteiger partial charge in [0.1, 0.15) is 11.7 Å². The molecule has 1 N–H and O–H groups in total. The largest absolute Gasteiger partial charge is 0.395 e. The third-order valence-electron chi connectivity index (χ3n) is 3.71. The molecule has 2 rings (SSSR count). The van der Waals surface area contributed by atoms with E-state index in [-0.39, 0.29) is 12.6 Å². The molecule has 0 bridgehead atoms. The van der Waals surface area contributed by atoms with E-state index in [1.807, 2.05) is 18.2 Å². The second kappa shape index (κ2) is 7.74. The molecule has 110 valence electrons. The molecule has 1 aliphatic heterocycles. The van der Waals surface area contributed by atoms with Gasteiger partial charge in [0.2, 0.25) is 0 Å². The maximum Gasteiger partial charge on any atom is 0.139 e. The van der Waals surface area contributed by atoms with Crippen LogP contribution in [0.5, 0.6) is 0 Å². The number of halogens is 1. The fraction of sp³-hybridized carbons (Fsp3) is 0.533. The van der Waals surface area contributed by atoms with E-state index in [2.05, 4.69) is 21.9 Å². The number of aliphatic hydroxyl groups excluding tert-OH is 1. The molecular weight excluding hydrogens is 276 g/mol. The number of carbonyl (C=O) groups is 1. The number of aldehydes is 1. The van der Waals surface area contributed by atoms with Crippen LogP contribution < -0.4 is 0 Å². The molecule has 1 aliphatic rings. The van der Waals surface area contributed by atoms with E-state index < -0.39 is 5.38 Å². The monoisotopic (exact) mass is 296 g/mol. The van der Waals surface area contributed by atoms with Gasteiger partial charge < -0.3 is 9.90 Å². The van der Waals surface area contributed by atoms with Gasteiger partial charge in [0.15, 0.2) is 0 Å². The lowest BCUT2D eigenvalue weighted by atomic mass is 10.1. The molecule has 5 heteroatoms. The lowest BCUT2D eigenvalue weighted by molar-refractivity contribution is -0.108. The zero-order valence-corrected chi connectivity index (χ0v) is 12.2. The maximum atomic E-state index is 10.6. The van der Waals surface area contributed by atoms with Crippen molar-refractivity contribution < 1.29 is 9.90 Å². The number of benzene rings is 1. The highest BCUT2D eigenvalue weighted by Crippen LogP contribution is 2.14. The standard InChI is InChI=1S/C15H21ClN2O2/c16-14(11-19)9-18-7-6-17(10-15(18)12-20)8-13-4-2-1-3-5-13/h1-5,11,14-15,20H,6-10,12H2/t14-,15+/m1/s1. The number of rotatable bonds is 6. The summed E-state index contributed by atoms with van der Waals surface area (Å²) >= 11 is 5.88. The Labute approximate surface area is 124 Å². The van der Waals surface area contributed by atoms with E-state index in [9.17, 15) is 9.90 Å². The molecule has 1 aromatic rings. The molecule has 4 nitrogen and oxygen atoms in total. The maximum absolute atomic E-state index is 10.6. The summed E-state index contributed by atoms with van der Waals surface area (Å²) in [4.78, 5) is 15.1. The Bertz CT molecular complexity index is 416. The fourth-order valence-electron chi connectivity index (χ4n) is 2.62. The third kappa shape index (κ3) is 4.28. The first-order valence-corrected chi connectivity index (χ1v) is 7.37. The minimum atomic E-state index is -0.496. The first-order valence-electron chi connectivity index (χ1n) is 6.93. The summed E-state index contributed by atoms with van der Waals surface area (Å²) in [6.07, 6.45) is 0.756. The first-order chi connectivity index (χ1) is 9.72. The molecule has 0 aromatic heterocycles. The molecule has 0 aliphatic carbocycles. The molecular formula is C15H21ClN2O2. The molecule has 0 spiro atoms. The van der Waals surface area contributed by atoms with Crippen molar-refractivity contribution >= 4 is 17.9 Å². The molecule has 0 radical (unpaired) electrons. The Hall–Kier alpha value is -0.940. The van der Waals surface area contributed by atoms with Gasteiger partial charge in [0, 0.05) is 38.8 Å². The first kappa shape index (κ1) is 15.4. The van der Waals surface area contributed by atoms with Crippen molar-refractivity contribution in [2.24, 2.45) is 0 Å². The SMILES string of the molecule is O=C[C@H](Cl)CN1CCN(Cc2ccccc2)C[C@H]1CO. The van der Waals surface area contributed by atoms with Crippen LogP contribution in [0.1, 0.15) is 5.56 Å². The predicted octanol–water partition coefficient (Wildman–Crippen LogP) is 0.971. The van der Waals surface area contributed by atoms with Crippen molar-refractivity contribution in [1.29, 1.82) is 0 Å². The third-order valence-corrected chi connectivity index (χ3v) is 3.95. The summed E-state index contributed by atoms with van der Waals surface area (Å²) in [5.41, 5.74) is 1.28. The Morgan fingerprint density at radius 3 is 2.75 bits per heavy atom. The molecule has 0 unspecified atom stereocenters. The van der Waals surface area contributed by atoms with E-state index >= 15 is 0 Å². The number of alkyl halides is 1. The van der Waals surface area contributed by atoms with Crippen LogP contribution in [0.25, 0.3) is 0 Å². The number of piperazine rings is 1. The van der Waals surface area contributed by atoms with Crippen molar-refractivity contribution in [3.05, 3.63) is 35.9 Å². The number of nitrogens with zero attached hydrogens (tertiary/aromatic N) is 2. The van der Waals surface area contributed by atoms with Gasteiger partial charge >= 0.3 is 0 Å². The van der Waals surface area contributed by atoms with E-state index in [1.165, 1.54) is 5.56 Å². The molecule has 1 aromatic carbocycles. The van der Waals surface area contributed by atoms with Gasteiger partial charge in [0.25, 0.3) is 0 Å². The lowest BCUT2D eigenvalue weighted by Crippen LogP contribution is -2.55. The quantitative estimate of drug-likeness (QED) is 0.628. The van der Waals surface area contributed by atoms with Crippen LogP contribution in [0.4, 0.5) is 0 Å². The van der Waals surface area contributed by atoms with Crippen molar-refractivity contribution in [3.8, 4) is 0 Å². The van der Waals surface area contributed by atoms with Crippen LogP contribution in [-0.2, 0) is 11.3 Å². The average molecular weight is 297 g/mol. The number of aliphatic hydroxyl groups is 1. The Kier molecular flexibility index (Phi) is 5.98. The van der Waals surface area contributed by atoms with Crippen LogP contribution in [-0.4, -0.2) is 65.4 Å². The van der Waals surface area contributed by atoms with Crippen molar-refractivity contribution in [2.75, 3.05) is 32.8 Å². The van der Waals surface area contributed by atoms with Gasteiger partial charge in [-0.2, -0.15) is 0 Å². The topological polar surface area (TPSA) is 43.8 Å². The number of carbonyl (C=O) groups excluding carboxylic acids is 1. The van der Waals surface area contributed by atoms with E-state index in [0.717, 1.165) is 32.5 Å². The second-order valence-corrected chi connectivity index (χ2v) is 5.76. The summed E-state index contributed by atoms with van der Waals surface area (Å²) in [7, 11) is 0. The minimum Gasteiger partial charge on any atom is -0.395 e. The van der Waals surface area contributed by atoms with Crippen LogP contribution in [0.2, 0.25) is 0 Å². The molecule has 1 fully saturated rings. The van der Waals surface area contributed by atoms with E-state index in [1.54, 1.807) is 0 Å². The van der Waals surface area contributed by atoms with Crippen molar-refractivity contribution in [2.45, 2.75) is 18.0 Å². The molecule has 0 saturated carbocycles. The van der Waals surface area contributed by atoms with Gasteiger partial charge in [0.05, 0.1) is 6.61 Å². The second-order valence-electron chi connectivity index (χ2n) is 5.20. The molecule has 0 amide bonds. The van der Waals surface area contributed by atoms with E-state index in [4.69, 9.17) is 11.6 Å². The highest BCUT2D eigenvalue weighted by molar-refractivity contribution is 6.27. The zero-order valence-electron chi connectivity index (χ0n) is 11.5.